The standard InChI is InChI=1S/C13H14Cl2N2S/c14-7-13-16-11-6-9(15)3-4-12(11)17(13)10-2-1-5-18-8-10/h3-4,6,10H,1-2,5,7-8H2. The Bertz CT molecular complexity index is 561. The zero-order chi connectivity index (χ0) is 12.5. The highest BCUT2D eigenvalue weighted by Crippen LogP contribution is 2.32. The third-order valence-corrected chi connectivity index (χ3v) is 5.02. The summed E-state index contributed by atoms with van der Waals surface area (Å²) in [6, 6.07) is 6.42. The van der Waals surface area contributed by atoms with Gasteiger partial charge >= 0.3 is 0 Å². The number of fused-ring (bicyclic) bond motifs is 1. The quantitative estimate of drug-likeness (QED) is 0.760. The Labute approximate surface area is 121 Å². The van der Waals surface area contributed by atoms with E-state index in [0.29, 0.717) is 11.9 Å². The van der Waals surface area contributed by atoms with Crippen molar-refractivity contribution in [2.24, 2.45) is 0 Å². The first-order chi connectivity index (χ1) is 8.79. The van der Waals surface area contributed by atoms with Gasteiger partial charge < -0.3 is 4.57 Å². The van der Waals surface area contributed by atoms with Crippen LogP contribution in [0.15, 0.2) is 18.2 Å². The van der Waals surface area contributed by atoms with Crippen LogP contribution in [0.1, 0.15) is 24.7 Å². The molecule has 0 saturated carbocycles. The van der Waals surface area contributed by atoms with Gasteiger partial charge in [0.15, 0.2) is 0 Å². The summed E-state index contributed by atoms with van der Waals surface area (Å²) in [5.41, 5.74) is 2.11. The molecule has 0 aliphatic carbocycles. The molecule has 3 rings (SSSR count). The number of benzene rings is 1. The van der Waals surface area contributed by atoms with Crippen molar-refractivity contribution in [3.05, 3.63) is 29.0 Å². The highest BCUT2D eigenvalue weighted by atomic mass is 35.5. The molecule has 18 heavy (non-hydrogen) atoms. The largest absolute Gasteiger partial charge is 0.323 e. The van der Waals surface area contributed by atoms with E-state index in [-0.39, 0.29) is 0 Å². The van der Waals surface area contributed by atoms with E-state index in [4.69, 9.17) is 23.2 Å². The molecule has 5 heteroatoms. The fourth-order valence-electron chi connectivity index (χ4n) is 2.55. The lowest BCUT2D eigenvalue weighted by molar-refractivity contribution is 0.499. The van der Waals surface area contributed by atoms with E-state index >= 15 is 0 Å². The van der Waals surface area contributed by atoms with Crippen molar-refractivity contribution in [1.82, 2.24) is 9.55 Å². The highest BCUT2D eigenvalue weighted by molar-refractivity contribution is 7.99. The number of halogens is 2. The van der Waals surface area contributed by atoms with Gasteiger partial charge in [-0.1, -0.05) is 11.6 Å². The van der Waals surface area contributed by atoms with E-state index < -0.39 is 0 Å². The van der Waals surface area contributed by atoms with Crippen molar-refractivity contribution in [2.45, 2.75) is 24.8 Å². The Morgan fingerprint density at radius 2 is 2.33 bits per heavy atom. The minimum Gasteiger partial charge on any atom is -0.323 e. The molecule has 2 nitrogen and oxygen atoms in total. The summed E-state index contributed by atoms with van der Waals surface area (Å²) < 4.78 is 2.31. The molecule has 1 aliphatic rings. The van der Waals surface area contributed by atoms with Gasteiger partial charge in [0.05, 0.1) is 16.9 Å². The fourth-order valence-corrected chi connectivity index (χ4v) is 4.03. The van der Waals surface area contributed by atoms with Gasteiger partial charge in [-0.2, -0.15) is 11.8 Å². The maximum absolute atomic E-state index is 6.04. The van der Waals surface area contributed by atoms with Crippen molar-refractivity contribution in [3.8, 4) is 0 Å². The van der Waals surface area contributed by atoms with Gasteiger partial charge in [-0.05, 0) is 36.8 Å². The monoisotopic (exact) mass is 300 g/mol. The Balaban J connectivity index is 2.12. The maximum atomic E-state index is 6.04. The average molecular weight is 301 g/mol. The second-order valence-electron chi connectivity index (χ2n) is 4.54. The van der Waals surface area contributed by atoms with Crippen molar-refractivity contribution in [2.75, 3.05) is 11.5 Å². The molecule has 0 radical (unpaired) electrons. The molecule has 2 aromatic rings. The Morgan fingerprint density at radius 1 is 1.44 bits per heavy atom. The first kappa shape index (κ1) is 12.6. The number of thioether (sulfide) groups is 1. The molecule has 0 bridgehead atoms. The van der Waals surface area contributed by atoms with Crippen LogP contribution in [-0.2, 0) is 5.88 Å². The van der Waals surface area contributed by atoms with Crippen molar-refractivity contribution < 1.29 is 0 Å². The first-order valence-corrected chi connectivity index (χ1v) is 8.16. The summed E-state index contributed by atoms with van der Waals surface area (Å²) in [6.45, 7) is 0. The van der Waals surface area contributed by atoms with E-state index in [9.17, 15) is 0 Å². The summed E-state index contributed by atoms with van der Waals surface area (Å²) in [4.78, 5) is 4.60. The lowest BCUT2D eigenvalue weighted by Crippen LogP contribution is -2.17. The predicted molar refractivity (Wildman–Crippen MR) is 79.9 cm³/mol. The van der Waals surface area contributed by atoms with Crippen molar-refractivity contribution in [1.29, 1.82) is 0 Å². The SMILES string of the molecule is ClCc1nc2cc(Cl)ccc2n1C1CCCSC1. The van der Waals surface area contributed by atoms with Gasteiger partial charge in [-0.15, -0.1) is 11.6 Å². The molecular weight excluding hydrogens is 287 g/mol. The van der Waals surface area contributed by atoms with Crippen LogP contribution >= 0.6 is 35.0 Å². The zero-order valence-corrected chi connectivity index (χ0v) is 12.2. The molecule has 2 heterocycles. The third kappa shape index (κ3) is 2.24. The number of imidazole rings is 1. The molecular formula is C13H14Cl2N2S. The molecule has 0 spiro atoms. The minimum atomic E-state index is 0.452. The summed E-state index contributed by atoms with van der Waals surface area (Å²) in [5, 5.41) is 0.728. The fraction of sp³-hybridized carbons (Fsp3) is 0.462. The molecule has 0 N–H and O–H groups in total. The van der Waals surface area contributed by atoms with Gasteiger partial charge in [0.25, 0.3) is 0 Å². The summed E-state index contributed by atoms with van der Waals surface area (Å²) in [7, 11) is 0. The van der Waals surface area contributed by atoms with Crippen LogP contribution in [0.2, 0.25) is 5.02 Å². The topological polar surface area (TPSA) is 17.8 Å². The summed E-state index contributed by atoms with van der Waals surface area (Å²) >= 11 is 14.1. The van der Waals surface area contributed by atoms with Crippen LogP contribution in [0.4, 0.5) is 0 Å². The molecule has 1 unspecified atom stereocenters. The maximum Gasteiger partial charge on any atom is 0.125 e. The van der Waals surface area contributed by atoms with Gasteiger partial charge in [0.1, 0.15) is 5.82 Å². The molecule has 1 atom stereocenters. The van der Waals surface area contributed by atoms with E-state index in [0.717, 1.165) is 27.6 Å². The van der Waals surface area contributed by atoms with Crippen LogP contribution in [0.3, 0.4) is 0 Å². The molecule has 96 valence electrons. The highest BCUT2D eigenvalue weighted by Gasteiger charge is 2.21. The Morgan fingerprint density at radius 3 is 3.06 bits per heavy atom. The van der Waals surface area contributed by atoms with Crippen LogP contribution in [0, 0.1) is 0 Å². The lowest BCUT2D eigenvalue weighted by Gasteiger charge is -2.24. The van der Waals surface area contributed by atoms with Crippen LogP contribution < -0.4 is 0 Å². The minimum absolute atomic E-state index is 0.452. The number of aromatic nitrogens is 2. The number of nitrogens with zero attached hydrogens (tertiary/aromatic N) is 2. The second kappa shape index (κ2) is 5.32. The van der Waals surface area contributed by atoms with E-state index in [1.807, 2.05) is 23.9 Å². The molecule has 0 amide bonds. The lowest BCUT2D eigenvalue weighted by atomic mass is 10.1. The van der Waals surface area contributed by atoms with Crippen LogP contribution in [0.5, 0.6) is 0 Å². The third-order valence-electron chi connectivity index (χ3n) is 3.35. The smallest absolute Gasteiger partial charge is 0.125 e. The van der Waals surface area contributed by atoms with E-state index in [1.54, 1.807) is 0 Å². The van der Waals surface area contributed by atoms with Gasteiger partial charge in [-0.3, -0.25) is 0 Å². The summed E-state index contributed by atoms with van der Waals surface area (Å²) in [6.07, 6.45) is 2.48. The van der Waals surface area contributed by atoms with Crippen molar-refractivity contribution in [3.63, 3.8) is 0 Å². The molecule has 1 saturated heterocycles. The van der Waals surface area contributed by atoms with Gasteiger partial charge in [0.2, 0.25) is 0 Å². The van der Waals surface area contributed by atoms with Crippen molar-refractivity contribution >= 4 is 46.0 Å². The molecule has 1 aromatic carbocycles. The molecule has 1 aromatic heterocycles. The molecule has 1 aliphatic heterocycles. The molecule has 1 fully saturated rings. The Hall–Kier alpha value is -0.380. The van der Waals surface area contributed by atoms with E-state index in [1.165, 1.54) is 18.6 Å². The summed E-state index contributed by atoms with van der Waals surface area (Å²) in [5.74, 6) is 3.83. The number of alkyl halides is 1. The van der Waals surface area contributed by atoms with Crippen LogP contribution in [0.25, 0.3) is 11.0 Å². The average Bonchev–Trinajstić information content (AvgIpc) is 2.77. The number of rotatable bonds is 2. The number of hydrogen-bond acceptors (Lipinski definition) is 2. The Kier molecular flexibility index (Phi) is 3.73. The van der Waals surface area contributed by atoms with Crippen LogP contribution in [-0.4, -0.2) is 21.1 Å². The second-order valence-corrected chi connectivity index (χ2v) is 6.39. The number of hydrogen-bond donors (Lipinski definition) is 0. The zero-order valence-electron chi connectivity index (χ0n) is 9.90. The van der Waals surface area contributed by atoms with Gasteiger partial charge in [0, 0.05) is 16.8 Å². The first-order valence-electron chi connectivity index (χ1n) is 6.09. The van der Waals surface area contributed by atoms with Gasteiger partial charge in [-0.25, -0.2) is 4.98 Å². The van der Waals surface area contributed by atoms with E-state index in [2.05, 4.69) is 15.6 Å². The predicted octanol–water partition coefficient (Wildman–Crippen LogP) is 4.50. The normalized spacial score (nSPS) is 20.4.